The van der Waals surface area contributed by atoms with Gasteiger partial charge in [-0.3, -0.25) is 0 Å². The van der Waals surface area contributed by atoms with Crippen molar-refractivity contribution in [2.24, 2.45) is 5.10 Å². The molecule has 3 aromatic rings. The molecule has 0 saturated carbocycles. The monoisotopic (exact) mass is 451 g/mol. The van der Waals surface area contributed by atoms with Crippen LogP contribution in [0, 0.1) is 0 Å². The Kier molecular flexibility index (Phi) is 5.30. The summed E-state index contributed by atoms with van der Waals surface area (Å²) in [5.74, 6) is -0.144. The van der Waals surface area contributed by atoms with E-state index in [4.69, 9.17) is 11.6 Å². The molecule has 7 heteroatoms. The van der Waals surface area contributed by atoms with Gasteiger partial charge in [-0.05, 0) is 40.8 Å². The van der Waals surface area contributed by atoms with Crippen LogP contribution in [0.4, 0.5) is 0 Å². The zero-order valence-corrected chi connectivity index (χ0v) is 18.4. The summed E-state index contributed by atoms with van der Waals surface area (Å²) in [5.41, 5.74) is 4.92. The molecule has 0 bridgehead atoms. The molecule has 0 radical (unpaired) electrons. The van der Waals surface area contributed by atoms with Crippen molar-refractivity contribution in [1.82, 2.24) is 8.72 Å². The molecule has 0 N–H and O–H groups in total. The molecule has 5 nitrogen and oxygen atoms in total. The summed E-state index contributed by atoms with van der Waals surface area (Å²) in [6.45, 7) is 1.11. The third-order valence-corrected chi connectivity index (χ3v) is 7.90. The standard InChI is InChI=1S/C24H22ClN3O2S/c25-22-12-10-20(11-13-22)24-23(19-7-2-1-3-8-19)17-28(26-24)31(29,30)27-15-14-18-6-4-5-9-21(18)16-27/h1-13,23H,14-17H2. The van der Waals surface area contributed by atoms with Gasteiger partial charge in [-0.2, -0.15) is 22.2 Å². The zero-order chi connectivity index (χ0) is 21.4. The van der Waals surface area contributed by atoms with Crippen LogP contribution in [-0.2, 0) is 23.2 Å². The molecule has 0 amide bonds. The number of fused-ring (bicyclic) bond motifs is 1. The second kappa shape index (κ2) is 8.11. The van der Waals surface area contributed by atoms with Gasteiger partial charge < -0.3 is 0 Å². The predicted octanol–water partition coefficient (Wildman–Crippen LogP) is 4.45. The fourth-order valence-electron chi connectivity index (χ4n) is 4.25. The van der Waals surface area contributed by atoms with Crippen molar-refractivity contribution in [3.05, 3.63) is 106 Å². The lowest BCUT2D eigenvalue weighted by molar-refractivity contribution is 0.337. The fourth-order valence-corrected chi connectivity index (χ4v) is 5.79. The first-order valence-corrected chi connectivity index (χ1v) is 12.0. The lowest BCUT2D eigenvalue weighted by Crippen LogP contribution is -2.43. The van der Waals surface area contributed by atoms with Crippen LogP contribution in [0.1, 0.15) is 28.2 Å². The Morgan fingerprint density at radius 1 is 0.871 bits per heavy atom. The van der Waals surface area contributed by atoms with Crippen molar-refractivity contribution < 1.29 is 8.42 Å². The number of hydrogen-bond acceptors (Lipinski definition) is 3. The Bertz CT molecular complexity index is 1230. The van der Waals surface area contributed by atoms with Gasteiger partial charge in [0.25, 0.3) is 0 Å². The normalized spacial score (nSPS) is 19.2. The molecule has 2 aliphatic rings. The number of hydrogen-bond donors (Lipinski definition) is 0. The maximum Gasteiger partial charge on any atom is 0.319 e. The van der Waals surface area contributed by atoms with Gasteiger partial charge >= 0.3 is 10.2 Å². The van der Waals surface area contributed by atoms with E-state index in [2.05, 4.69) is 11.2 Å². The van der Waals surface area contributed by atoms with E-state index < -0.39 is 10.2 Å². The molecule has 158 valence electrons. The van der Waals surface area contributed by atoms with Crippen molar-refractivity contribution in [2.45, 2.75) is 18.9 Å². The van der Waals surface area contributed by atoms with E-state index in [-0.39, 0.29) is 12.5 Å². The third-order valence-electron chi connectivity index (χ3n) is 5.92. The molecular weight excluding hydrogens is 430 g/mol. The van der Waals surface area contributed by atoms with Crippen molar-refractivity contribution in [1.29, 1.82) is 0 Å². The Morgan fingerprint density at radius 2 is 1.55 bits per heavy atom. The zero-order valence-electron chi connectivity index (χ0n) is 16.9. The maximum absolute atomic E-state index is 13.5. The summed E-state index contributed by atoms with van der Waals surface area (Å²) in [6.07, 6.45) is 0.707. The highest BCUT2D eigenvalue weighted by atomic mass is 35.5. The second-order valence-corrected chi connectivity index (χ2v) is 10.1. The molecular formula is C24H22ClN3O2S. The van der Waals surface area contributed by atoms with E-state index >= 15 is 0 Å². The average molecular weight is 452 g/mol. The lowest BCUT2D eigenvalue weighted by atomic mass is 9.91. The molecule has 2 aliphatic heterocycles. The Morgan fingerprint density at radius 3 is 2.29 bits per heavy atom. The number of rotatable bonds is 4. The van der Waals surface area contributed by atoms with Crippen molar-refractivity contribution in [3.63, 3.8) is 0 Å². The smallest absolute Gasteiger partial charge is 0.187 e. The molecule has 1 atom stereocenters. The van der Waals surface area contributed by atoms with Crippen LogP contribution in [0.5, 0.6) is 0 Å². The molecule has 2 heterocycles. The maximum atomic E-state index is 13.5. The van der Waals surface area contributed by atoms with E-state index in [0.717, 1.165) is 22.4 Å². The first kappa shape index (κ1) is 20.2. The number of hydrazone groups is 1. The molecule has 3 aromatic carbocycles. The van der Waals surface area contributed by atoms with Gasteiger partial charge in [0, 0.05) is 24.0 Å². The Labute approximate surface area is 187 Å². The highest BCUT2D eigenvalue weighted by Gasteiger charge is 2.39. The van der Waals surface area contributed by atoms with Crippen molar-refractivity contribution in [2.75, 3.05) is 13.1 Å². The molecule has 0 aliphatic carbocycles. The predicted molar refractivity (Wildman–Crippen MR) is 123 cm³/mol. The largest absolute Gasteiger partial charge is 0.319 e. The van der Waals surface area contributed by atoms with E-state index in [1.54, 1.807) is 12.1 Å². The minimum absolute atomic E-state index is 0.144. The van der Waals surface area contributed by atoms with Crippen LogP contribution in [0.15, 0.2) is 84.0 Å². The molecule has 0 spiro atoms. The van der Waals surface area contributed by atoms with Crippen LogP contribution in [0.2, 0.25) is 5.02 Å². The molecule has 31 heavy (non-hydrogen) atoms. The van der Waals surface area contributed by atoms with Gasteiger partial charge in [-0.15, -0.1) is 0 Å². The van der Waals surface area contributed by atoms with Crippen molar-refractivity contribution in [3.8, 4) is 0 Å². The molecule has 1 unspecified atom stereocenters. The molecule has 0 saturated heterocycles. The first-order chi connectivity index (χ1) is 15.0. The van der Waals surface area contributed by atoms with Crippen LogP contribution >= 0.6 is 11.6 Å². The summed E-state index contributed by atoms with van der Waals surface area (Å²) < 4.78 is 29.9. The highest BCUT2D eigenvalue weighted by molar-refractivity contribution is 7.86. The van der Waals surface area contributed by atoms with Crippen molar-refractivity contribution >= 4 is 27.5 Å². The van der Waals surface area contributed by atoms with Gasteiger partial charge in [0.15, 0.2) is 0 Å². The van der Waals surface area contributed by atoms with E-state index in [9.17, 15) is 8.42 Å². The van der Waals surface area contributed by atoms with Gasteiger partial charge in [0.2, 0.25) is 0 Å². The topological polar surface area (TPSA) is 53.0 Å². The van der Waals surface area contributed by atoms with Gasteiger partial charge in [0.1, 0.15) is 0 Å². The third kappa shape index (κ3) is 3.87. The van der Waals surface area contributed by atoms with Crippen LogP contribution < -0.4 is 0 Å². The first-order valence-electron chi connectivity index (χ1n) is 10.3. The lowest BCUT2D eigenvalue weighted by Gasteiger charge is -2.30. The number of benzene rings is 3. The summed E-state index contributed by atoms with van der Waals surface area (Å²) in [5, 5.41) is 5.26. The Balaban J connectivity index is 1.49. The summed E-state index contributed by atoms with van der Waals surface area (Å²) in [6, 6.07) is 25.3. The molecule has 0 fully saturated rings. The van der Waals surface area contributed by atoms with Gasteiger partial charge in [-0.1, -0.05) is 78.3 Å². The summed E-state index contributed by atoms with van der Waals surface area (Å²) in [4.78, 5) is 0. The highest BCUT2D eigenvalue weighted by Crippen LogP contribution is 2.32. The fraction of sp³-hybridized carbons (Fsp3) is 0.208. The van der Waals surface area contributed by atoms with E-state index in [1.807, 2.05) is 60.7 Å². The number of halogens is 1. The summed E-state index contributed by atoms with van der Waals surface area (Å²) >= 11 is 6.06. The number of nitrogens with zero attached hydrogens (tertiary/aromatic N) is 3. The second-order valence-electron chi connectivity index (χ2n) is 7.82. The minimum Gasteiger partial charge on any atom is -0.187 e. The van der Waals surface area contributed by atoms with Crippen LogP contribution in [-0.4, -0.2) is 35.9 Å². The van der Waals surface area contributed by atoms with Gasteiger partial charge in [0.05, 0.1) is 12.3 Å². The molecule has 5 rings (SSSR count). The molecule has 0 aromatic heterocycles. The van der Waals surface area contributed by atoms with Crippen LogP contribution in [0.3, 0.4) is 0 Å². The summed E-state index contributed by atoms with van der Waals surface area (Å²) in [7, 11) is -3.74. The SMILES string of the molecule is O=S(=O)(N1CCc2ccccc2C1)N1CC(c2ccccc2)C(c2ccc(Cl)cc2)=N1. The minimum atomic E-state index is -3.74. The van der Waals surface area contributed by atoms with Gasteiger partial charge in [-0.25, -0.2) is 0 Å². The van der Waals surface area contributed by atoms with E-state index in [1.165, 1.54) is 14.3 Å². The van der Waals surface area contributed by atoms with E-state index in [0.29, 0.717) is 24.5 Å². The van der Waals surface area contributed by atoms with Crippen LogP contribution in [0.25, 0.3) is 0 Å². The quantitative estimate of drug-likeness (QED) is 0.588. The Hall–Kier alpha value is -2.67. The average Bonchev–Trinajstić information content (AvgIpc) is 3.26.